The fraction of sp³-hybridized carbons (Fsp3) is 0.769. The van der Waals surface area contributed by atoms with E-state index in [1.54, 1.807) is 0 Å². The van der Waals surface area contributed by atoms with Gasteiger partial charge in [-0.05, 0) is 49.8 Å². The van der Waals surface area contributed by atoms with Crippen LogP contribution in [0.2, 0.25) is 0 Å². The van der Waals surface area contributed by atoms with Crippen molar-refractivity contribution < 1.29 is 0 Å². The third kappa shape index (κ3) is 2.25. The molecule has 2 aliphatic heterocycles. The molecule has 4 heteroatoms. The molecule has 0 amide bonds. The molecule has 3 heterocycles. The van der Waals surface area contributed by atoms with Gasteiger partial charge in [-0.1, -0.05) is 0 Å². The Morgan fingerprint density at radius 1 is 1.35 bits per heavy atom. The molecule has 1 aromatic heterocycles. The van der Waals surface area contributed by atoms with E-state index in [4.69, 9.17) is 0 Å². The molecule has 1 aromatic rings. The van der Waals surface area contributed by atoms with Crippen LogP contribution >= 0.6 is 11.8 Å². The highest BCUT2D eigenvalue weighted by Crippen LogP contribution is 2.31. The van der Waals surface area contributed by atoms with Crippen molar-refractivity contribution in [2.45, 2.75) is 38.1 Å². The van der Waals surface area contributed by atoms with Crippen molar-refractivity contribution >= 4 is 11.8 Å². The van der Waals surface area contributed by atoms with Gasteiger partial charge in [0.25, 0.3) is 0 Å². The molecule has 3 rings (SSSR count). The van der Waals surface area contributed by atoms with Crippen LogP contribution in [0.1, 0.15) is 42.5 Å². The highest BCUT2D eigenvalue weighted by molar-refractivity contribution is 7.99. The van der Waals surface area contributed by atoms with E-state index in [-0.39, 0.29) is 0 Å². The van der Waals surface area contributed by atoms with E-state index in [0.717, 1.165) is 13.1 Å². The van der Waals surface area contributed by atoms with Gasteiger partial charge in [0, 0.05) is 18.2 Å². The first-order chi connectivity index (χ1) is 8.36. The molecule has 0 aliphatic carbocycles. The van der Waals surface area contributed by atoms with Crippen molar-refractivity contribution in [1.29, 1.82) is 0 Å². The second kappa shape index (κ2) is 5.02. The predicted octanol–water partition coefficient (Wildman–Crippen LogP) is 2.34. The van der Waals surface area contributed by atoms with Crippen molar-refractivity contribution in [3.63, 3.8) is 0 Å². The highest BCUT2D eigenvalue weighted by Gasteiger charge is 2.24. The molecule has 94 valence electrons. The van der Waals surface area contributed by atoms with E-state index < -0.39 is 0 Å². The van der Waals surface area contributed by atoms with Gasteiger partial charge in [-0.25, -0.2) is 0 Å². The van der Waals surface area contributed by atoms with Gasteiger partial charge in [0.1, 0.15) is 0 Å². The van der Waals surface area contributed by atoms with Gasteiger partial charge in [0.2, 0.25) is 0 Å². The second-order valence-electron chi connectivity index (χ2n) is 5.16. The molecule has 2 fully saturated rings. The Labute approximate surface area is 107 Å². The largest absolute Gasteiger partial charge is 0.316 e. The molecule has 0 saturated carbocycles. The number of rotatable bonds is 2. The maximum atomic E-state index is 4.66. The number of thioether (sulfide) groups is 1. The van der Waals surface area contributed by atoms with Crippen molar-refractivity contribution in [2.24, 2.45) is 0 Å². The fourth-order valence-corrected chi connectivity index (χ4v) is 4.14. The van der Waals surface area contributed by atoms with E-state index >= 15 is 0 Å². The summed E-state index contributed by atoms with van der Waals surface area (Å²) in [6.07, 6.45) is 5.97. The average molecular weight is 251 g/mol. The van der Waals surface area contributed by atoms with E-state index in [9.17, 15) is 0 Å². The maximum Gasteiger partial charge on any atom is 0.0538 e. The summed E-state index contributed by atoms with van der Waals surface area (Å²) in [4.78, 5) is 0. The summed E-state index contributed by atoms with van der Waals surface area (Å²) in [6.45, 7) is 4.55. The minimum Gasteiger partial charge on any atom is -0.316 e. The summed E-state index contributed by atoms with van der Waals surface area (Å²) in [7, 11) is 0. The van der Waals surface area contributed by atoms with Crippen LogP contribution in [0.25, 0.3) is 0 Å². The Morgan fingerprint density at radius 3 is 2.88 bits per heavy atom. The molecular weight excluding hydrogens is 230 g/mol. The molecule has 1 unspecified atom stereocenters. The van der Waals surface area contributed by atoms with Gasteiger partial charge in [0.05, 0.1) is 12.2 Å². The average Bonchev–Trinajstić information content (AvgIpc) is 2.99. The summed E-state index contributed by atoms with van der Waals surface area (Å²) >= 11 is 2.08. The minimum absolute atomic E-state index is 0.652. The fourth-order valence-electron chi connectivity index (χ4n) is 3.06. The summed E-state index contributed by atoms with van der Waals surface area (Å²) in [6, 6.07) is 0.652. The Bertz CT molecular complexity index is 376. The zero-order valence-corrected chi connectivity index (χ0v) is 11.3. The van der Waals surface area contributed by atoms with E-state index in [1.165, 1.54) is 42.0 Å². The lowest BCUT2D eigenvalue weighted by Crippen LogP contribution is -2.18. The zero-order chi connectivity index (χ0) is 11.7. The van der Waals surface area contributed by atoms with E-state index in [0.29, 0.717) is 12.0 Å². The molecule has 2 aliphatic rings. The minimum atomic E-state index is 0.652. The summed E-state index contributed by atoms with van der Waals surface area (Å²) < 4.78 is 2.30. The van der Waals surface area contributed by atoms with Crippen molar-refractivity contribution in [2.75, 3.05) is 24.6 Å². The van der Waals surface area contributed by atoms with Gasteiger partial charge in [-0.15, -0.1) is 0 Å². The van der Waals surface area contributed by atoms with Crippen LogP contribution in [0, 0.1) is 6.92 Å². The van der Waals surface area contributed by atoms with Crippen molar-refractivity contribution in [1.82, 2.24) is 15.1 Å². The third-order valence-electron chi connectivity index (χ3n) is 4.12. The molecule has 17 heavy (non-hydrogen) atoms. The van der Waals surface area contributed by atoms with Crippen molar-refractivity contribution in [3.8, 4) is 0 Å². The number of nitrogens with one attached hydrogen (secondary N) is 1. The van der Waals surface area contributed by atoms with Gasteiger partial charge in [-0.2, -0.15) is 16.9 Å². The number of hydrogen-bond donors (Lipinski definition) is 1. The highest BCUT2D eigenvalue weighted by atomic mass is 32.2. The topological polar surface area (TPSA) is 29.9 Å². The smallest absolute Gasteiger partial charge is 0.0538 e. The summed E-state index contributed by atoms with van der Waals surface area (Å²) in [5, 5.41) is 8.11. The van der Waals surface area contributed by atoms with E-state index in [1.807, 2.05) is 0 Å². The number of hydrogen-bond acceptors (Lipinski definition) is 3. The molecule has 0 aromatic carbocycles. The van der Waals surface area contributed by atoms with Crippen LogP contribution in [0.3, 0.4) is 0 Å². The van der Waals surface area contributed by atoms with Crippen molar-refractivity contribution in [3.05, 3.63) is 17.5 Å². The van der Waals surface area contributed by atoms with Gasteiger partial charge >= 0.3 is 0 Å². The van der Waals surface area contributed by atoms with Gasteiger partial charge in [-0.3, -0.25) is 4.68 Å². The quantitative estimate of drug-likeness (QED) is 0.875. The standard InChI is InChI=1S/C13H21N3S/c1-10-13(11-2-5-14-8-11)9-15-16(10)12-3-6-17-7-4-12/h9,11-12,14H,2-8H2,1H3. The first-order valence-corrected chi connectivity index (χ1v) is 7.84. The molecular formula is C13H21N3S. The molecule has 0 bridgehead atoms. The van der Waals surface area contributed by atoms with Crippen LogP contribution in [0.5, 0.6) is 0 Å². The molecule has 1 atom stereocenters. The Morgan fingerprint density at radius 2 is 2.18 bits per heavy atom. The lowest BCUT2D eigenvalue weighted by molar-refractivity contribution is 0.417. The van der Waals surface area contributed by atoms with Crippen LogP contribution in [-0.4, -0.2) is 34.4 Å². The number of nitrogens with zero attached hydrogens (tertiary/aromatic N) is 2. The van der Waals surface area contributed by atoms with Crippen LogP contribution < -0.4 is 5.32 Å². The Balaban J connectivity index is 1.80. The first-order valence-electron chi connectivity index (χ1n) is 6.68. The normalized spacial score (nSPS) is 26.5. The summed E-state index contributed by atoms with van der Waals surface area (Å²) in [5.41, 5.74) is 2.89. The van der Waals surface area contributed by atoms with Gasteiger partial charge in [0.15, 0.2) is 0 Å². The van der Waals surface area contributed by atoms with Crippen LogP contribution in [-0.2, 0) is 0 Å². The first kappa shape index (κ1) is 11.6. The second-order valence-corrected chi connectivity index (χ2v) is 6.39. The predicted molar refractivity (Wildman–Crippen MR) is 72.8 cm³/mol. The molecule has 1 N–H and O–H groups in total. The van der Waals surface area contributed by atoms with Crippen LogP contribution in [0.4, 0.5) is 0 Å². The summed E-state index contributed by atoms with van der Waals surface area (Å²) in [5.74, 6) is 3.29. The number of aromatic nitrogens is 2. The molecule has 3 nitrogen and oxygen atoms in total. The monoisotopic (exact) mass is 251 g/mol. The SMILES string of the molecule is Cc1c(C2CCNC2)cnn1C1CCSCC1. The lowest BCUT2D eigenvalue weighted by Gasteiger charge is -2.23. The Kier molecular flexibility index (Phi) is 3.43. The zero-order valence-electron chi connectivity index (χ0n) is 10.5. The van der Waals surface area contributed by atoms with Gasteiger partial charge < -0.3 is 5.32 Å². The molecule has 2 saturated heterocycles. The molecule has 0 radical (unpaired) electrons. The van der Waals surface area contributed by atoms with E-state index in [2.05, 4.69) is 40.0 Å². The Hall–Kier alpha value is -0.480. The molecule has 0 spiro atoms. The maximum absolute atomic E-state index is 4.66. The lowest BCUT2D eigenvalue weighted by atomic mass is 9.99. The third-order valence-corrected chi connectivity index (χ3v) is 5.17. The van der Waals surface area contributed by atoms with Crippen LogP contribution in [0.15, 0.2) is 6.20 Å².